The molecule has 3 rings (SSSR count). The summed E-state index contributed by atoms with van der Waals surface area (Å²) in [4.78, 5) is 40.7. The van der Waals surface area contributed by atoms with E-state index in [4.69, 9.17) is 4.74 Å². The van der Waals surface area contributed by atoms with E-state index in [9.17, 15) is 18.8 Å². The molecule has 2 aromatic rings. The van der Waals surface area contributed by atoms with Crippen LogP contribution in [-0.2, 0) is 9.53 Å². The Balaban J connectivity index is 1.66. The van der Waals surface area contributed by atoms with Crippen LogP contribution in [0.2, 0.25) is 0 Å². The van der Waals surface area contributed by atoms with Crippen LogP contribution in [0.5, 0.6) is 0 Å². The van der Waals surface area contributed by atoms with Crippen LogP contribution in [0, 0.1) is 11.7 Å². The SMILES string of the molecule is COCCCNC(=O)[C@@H](NC(=O)c1ccccc1F)C1CCN(C(=O)c2cccs2)CC1. The number of nitrogens with one attached hydrogen (secondary N) is 2. The van der Waals surface area contributed by atoms with Crippen LogP contribution < -0.4 is 10.6 Å². The Hall–Kier alpha value is -2.78. The molecule has 3 amide bonds. The molecule has 1 aromatic heterocycles. The molecule has 0 saturated carbocycles. The first-order chi connectivity index (χ1) is 15.5. The highest BCUT2D eigenvalue weighted by Gasteiger charge is 2.34. The Kier molecular flexibility index (Phi) is 8.75. The molecule has 1 aliphatic rings. The number of carbonyl (C=O) groups is 3. The van der Waals surface area contributed by atoms with Crippen molar-refractivity contribution in [2.45, 2.75) is 25.3 Å². The molecule has 172 valence electrons. The second kappa shape index (κ2) is 11.7. The third-order valence-corrected chi connectivity index (χ3v) is 6.40. The van der Waals surface area contributed by atoms with Gasteiger partial charge in [-0.2, -0.15) is 0 Å². The molecule has 1 aliphatic heterocycles. The van der Waals surface area contributed by atoms with E-state index < -0.39 is 17.8 Å². The first kappa shape index (κ1) is 23.9. The number of carbonyl (C=O) groups excluding carboxylic acids is 3. The van der Waals surface area contributed by atoms with Crippen molar-refractivity contribution in [3.8, 4) is 0 Å². The number of methoxy groups -OCH3 is 1. The van der Waals surface area contributed by atoms with Gasteiger partial charge < -0.3 is 20.3 Å². The van der Waals surface area contributed by atoms with Crippen molar-refractivity contribution in [3.63, 3.8) is 0 Å². The molecule has 0 unspecified atom stereocenters. The van der Waals surface area contributed by atoms with Crippen molar-refractivity contribution < 1.29 is 23.5 Å². The van der Waals surface area contributed by atoms with E-state index >= 15 is 0 Å². The van der Waals surface area contributed by atoms with Crippen molar-refractivity contribution in [2.24, 2.45) is 5.92 Å². The predicted octanol–water partition coefficient (Wildman–Crippen LogP) is 2.69. The molecule has 9 heteroatoms. The van der Waals surface area contributed by atoms with Gasteiger partial charge in [0.25, 0.3) is 11.8 Å². The van der Waals surface area contributed by atoms with Crippen LogP contribution in [0.4, 0.5) is 4.39 Å². The lowest BCUT2D eigenvalue weighted by atomic mass is 9.88. The summed E-state index contributed by atoms with van der Waals surface area (Å²) in [7, 11) is 1.59. The molecule has 2 N–H and O–H groups in total. The molecule has 0 spiro atoms. The largest absolute Gasteiger partial charge is 0.385 e. The molecular weight excluding hydrogens is 433 g/mol. The molecule has 1 atom stereocenters. The van der Waals surface area contributed by atoms with Crippen LogP contribution in [0.25, 0.3) is 0 Å². The maximum atomic E-state index is 14.1. The number of nitrogens with zero attached hydrogens (tertiary/aromatic N) is 1. The Labute approximate surface area is 190 Å². The van der Waals surface area contributed by atoms with E-state index in [0.29, 0.717) is 50.4 Å². The number of halogens is 1. The van der Waals surface area contributed by atoms with Crippen molar-refractivity contribution in [2.75, 3.05) is 33.4 Å². The molecule has 2 heterocycles. The Bertz CT molecular complexity index is 914. The number of rotatable bonds is 9. The molecule has 0 radical (unpaired) electrons. The van der Waals surface area contributed by atoms with Gasteiger partial charge in [0.1, 0.15) is 11.9 Å². The summed E-state index contributed by atoms with van der Waals surface area (Å²) < 4.78 is 19.1. The molecule has 0 bridgehead atoms. The normalized spacial score (nSPS) is 15.2. The van der Waals surface area contributed by atoms with Gasteiger partial charge in [-0.05, 0) is 48.8 Å². The van der Waals surface area contributed by atoms with E-state index in [-0.39, 0.29) is 23.3 Å². The number of thiophene rings is 1. The summed E-state index contributed by atoms with van der Waals surface area (Å²) in [6, 6.07) is 8.50. The zero-order valence-electron chi connectivity index (χ0n) is 18.0. The van der Waals surface area contributed by atoms with E-state index in [2.05, 4.69) is 10.6 Å². The number of benzene rings is 1. The number of likely N-dealkylation sites (tertiary alicyclic amines) is 1. The molecule has 32 heavy (non-hydrogen) atoms. The van der Waals surface area contributed by atoms with Gasteiger partial charge in [0, 0.05) is 33.4 Å². The van der Waals surface area contributed by atoms with Crippen molar-refractivity contribution >= 4 is 29.1 Å². The molecule has 7 nitrogen and oxygen atoms in total. The fourth-order valence-electron chi connectivity index (χ4n) is 3.79. The minimum Gasteiger partial charge on any atom is -0.385 e. The van der Waals surface area contributed by atoms with Gasteiger partial charge in [-0.25, -0.2) is 4.39 Å². The van der Waals surface area contributed by atoms with Gasteiger partial charge in [-0.1, -0.05) is 18.2 Å². The predicted molar refractivity (Wildman–Crippen MR) is 120 cm³/mol. The number of hydrogen-bond donors (Lipinski definition) is 2. The quantitative estimate of drug-likeness (QED) is 0.562. The Morgan fingerprint density at radius 1 is 1.19 bits per heavy atom. The maximum Gasteiger partial charge on any atom is 0.263 e. The summed E-state index contributed by atoms with van der Waals surface area (Å²) in [5.41, 5.74) is -0.102. The fourth-order valence-corrected chi connectivity index (χ4v) is 4.48. The number of hydrogen-bond acceptors (Lipinski definition) is 5. The average Bonchev–Trinajstić information content (AvgIpc) is 3.35. The fraction of sp³-hybridized carbons (Fsp3) is 0.435. The summed E-state index contributed by atoms with van der Waals surface area (Å²) in [5.74, 6) is -1.76. The Morgan fingerprint density at radius 3 is 2.59 bits per heavy atom. The zero-order valence-corrected chi connectivity index (χ0v) is 18.8. The first-order valence-electron chi connectivity index (χ1n) is 10.7. The van der Waals surface area contributed by atoms with E-state index in [1.54, 1.807) is 24.1 Å². The molecule has 0 aliphatic carbocycles. The lowest BCUT2D eigenvalue weighted by Crippen LogP contribution is -2.54. The van der Waals surface area contributed by atoms with Gasteiger partial charge in [0.2, 0.25) is 5.91 Å². The average molecular weight is 462 g/mol. The summed E-state index contributed by atoms with van der Waals surface area (Å²) in [5, 5.41) is 7.43. The summed E-state index contributed by atoms with van der Waals surface area (Å²) >= 11 is 1.40. The zero-order chi connectivity index (χ0) is 22.9. The number of ether oxygens (including phenoxy) is 1. The highest BCUT2D eigenvalue weighted by atomic mass is 32.1. The van der Waals surface area contributed by atoms with Gasteiger partial charge in [0.05, 0.1) is 10.4 Å². The smallest absolute Gasteiger partial charge is 0.263 e. The van der Waals surface area contributed by atoms with Gasteiger partial charge in [0.15, 0.2) is 0 Å². The first-order valence-corrected chi connectivity index (χ1v) is 11.5. The Morgan fingerprint density at radius 2 is 1.94 bits per heavy atom. The van der Waals surface area contributed by atoms with Crippen LogP contribution in [0.3, 0.4) is 0 Å². The highest BCUT2D eigenvalue weighted by molar-refractivity contribution is 7.12. The van der Waals surface area contributed by atoms with Gasteiger partial charge in [-0.3, -0.25) is 14.4 Å². The van der Waals surface area contributed by atoms with Crippen molar-refractivity contribution in [1.82, 2.24) is 15.5 Å². The minimum absolute atomic E-state index is 0.0191. The maximum absolute atomic E-state index is 14.1. The molecule has 1 aromatic carbocycles. The van der Waals surface area contributed by atoms with E-state index in [1.165, 1.54) is 29.5 Å². The second-order valence-corrected chi connectivity index (χ2v) is 8.62. The third kappa shape index (κ3) is 6.14. The van der Waals surface area contributed by atoms with Crippen LogP contribution in [-0.4, -0.2) is 62.0 Å². The van der Waals surface area contributed by atoms with Crippen molar-refractivity contribution in [3.05, 3.63) is 58.0 Å². The topological polar surface area (TPSA) is 87.7 Å². The highest BCUT2D eigenvalue weighted by Crippen LogP contribution is 2.24. The van der Waals surface area contributed by atoms with E-state index in [0.717, 1.165) is 0 Å². The summed E-state index contributed by atoms with van der Waals surface area (Å²) in [6.45, 7) is 1.90. The number of amides is 3. The van der Waals surface area contributed by atoms with Crippen molar-refractivity contribution in [1.29, 1.82) is 0 Å². The third-order valence-electron chi connectivity index (χ3n) is 5.54. The minimum atomic E-state index is -0.816. The standard InChI is InChI=1S/C23H28FN3O4S/c1-31-14-5-11-25-22(29)20(26-21(28)17-6-2-3-7-18(17)24)16-9-12-27(13-10-16)23(30)19-8-4-15-32-19/h2-4,6-8,15-16,20H,5,9-14H2,1H3,(H,25,29)(H,26,28)/t20-/m0/s1. The van der Waals surface area contributed by atoms with Gasteiger partial charge in [-0.15, -0.1) is 11.3 Å². The van der Waals surface area contributed by atoms with Crippen LogP contribution >= 0.6 is 11.3 Å². The lowest BCUT2D eigenvalue weighted by Gasteiger charge is -2.35. The monoisotopic (exact) mass is 461 g/mol. The molecule has 1 fully saturated rings. The van der Waals surface area contributed by atoms with E-state index in [1.807, 2.05) is 11.4 Å². The van der Waals surface area contributed by atoms with Crippen LogP contribution in [0.15, 0.2) is 41.8 Å². The lowest BCUT2D eigenvalue weighted by molar-refractivity contribution is -0.124. The molecule has 1 saturated heterocycles. The van der Waals surface area contributed by atoms with Crippen LogP contribution in [0.1, 0.15) is 39.3 Å². The second-order valence-electron chi connectivity index (χ2n) is 7.68. The molecular formula is C23H28FN3O4S. The number of piperidine rings is 1. The van der Waals surface area contributed by atoms with Gasteiger partial charge >= 0.3 is 0 Å². The summed E-state index contributed by atoms with van der Waals surface area (Å²) in [6.07, 6.45) is 1.76.